The lowest BCUT2D eigenvalue weighted by molar-refractivity contribution is -0.145. The number of nitrogens with zero attached hydrogens (tertiary/aromatic N) is 2. The Kier molecular flexibility index (Phi) is 4.04. The van der Waals surface area contributed by atoms with Crippen LogP contribution >= 0.6 is 15.9 Å². The number of aromatic nitrogens is 1. The minimum atomic E-state index is -0.443. The van der Waals surface area contributed by atoms with Gasteiger partial charge in [0.15, 0.2) is 0 Å². The van der Waals surface area contributed by atoms with E-state index in [0.717, 1.165) is 4.47 Å². The molecule has 0 bridgehead atoms. The largest absolute Gasteiger partial charge is 0.480 e. The number of esters is 1. The van der Waals surface area contributed by atoms with Gasteiger partial charge in [-0.1, -0.05) is 0 Å². The molecule has 2 rings (SSSR count). The lowest BCUT2D eigenvalue weighted by Gasteiger charge is -2.18. The average molecular weight is 329 g/mol. The summed E-state index contributed by atoms with van der Waals surface area (Å²) in [6.45, 7) is 0.278. The maximum Gasteiger partial charge on any atom is 0.311 e. The summed E-state index contributed by atoms with van der Waals surface area (Å²) in [7, 11) is 2.80. The minimum absolute atomic E-state index is 0.141. The van der Waals surface area contributed by atoms with Crippen LogP contribution in [0.25, 0.3) is 0 Å². The van der Waals surface area contributed by atoms with Crippen LogP contribution in [0.15, 0.2) is 16.7 Å². The van der Waals surface area contributed by atoms with Gasteiger partial charge in [0.25, 0.3) is 0 Å². The number of rotatable bonds is 3. The molecule has 0 radical (unpaired) electrons. The van der Waals surface area contributed by atoms with E-state index < -0.39 is 5.92 Å². The first-order valence-corrected chi connectivity index (χ1v) is 6.43. The first kappa shape index (κ1) is 13.8. The van der Waals surface area contributed by atoms with Gasteiger partial charge in [-0.25, -0.2) is 4.98 Å². The molecule has 0 saturated carbocycles. The summed E-state index contributed by atoms with van der Waals surface area (Å²) in [5.41, 5.74) is 0.549. The third-order valence-corrected chi connectivity index (χ3v) is 3.38. The monoisotopic (exact) mass is 328 g/mol. The number of carbonyl (C=O) groups is 2. The Hall–Kier alpha value is -1.63. The van der Waals surface area contributed by atoms with E-state index in [1.165, 1.54) is 19.1 Å². The van der Waals surface area contributed by atoms with E-state index in [9.17, 15) is 9.59 Å². The summed E-state index contributed by atoms with van der Waals surface area (Å²) >= 11 is 3.30. The summed E-state index contributed by atoms with van der Waals surface area (Å²) in [4.78, 5) is 29.1. The fraction of sp³-hybridized carbons (Fsp3) is 0.417. The van der Waals surface area contributed by atoms with Gasteiger partial charge in [-0.3, -0.25) is 9.59 Å². The number of hydrogen-bond donors (Lipinski definition) is 0. The number of ether oxygens (including phenoxy) is 2. The number of methoxy groups -OCH3 is 2. The van der Waals surface area contributed by atoms with Gasteiger partial charge in [0.05, 0.1) is 20.1 Å². The Labute approximate surface area is 118 Å². The quantitative estimate of drug-likeness (QED) is 0.784. The summed E-state index contributed by atoms with van der Waals surface area (Å²) < 4.78 is 10.5. The molecule has 7 heteroatoms. The van der Waals surface area contributed by atoms with Crippen molar-refractivity contribution in [3.63, 3.8) is 0 Å². The van der Waals surface area contributed by atoms with E-state index >= 15 is 0 Å². The minimum Gasteiger partial charge on any atom is -0.480 e. The molecule has 0 aromatic carbocycles. The predicted molar refractivity (Wildman–Crippen MR) is 71.0 cm³/mol. The average Bonchev–Trinajstić information content (AvgIpc) is 2.79. The number of anilines is 1. The van der Waals surface area contributed by atoms with Crippen LogP contribution in [0.4, 0.5) is 5.69 Å². The fourth-order valence-corrected chi connectivity index (χ4v) is 2.35. The molecule has 0 N–H and O–H groups in total. The Morgan fingerprint density at radius 1 is 1.53 bits per heavy atom. The van der Waals surface area contributed by atoms with Gasteiger partial charge in [0.2, 0.25) is 11.8 Å². The second kappa shape index (κ2) is 5.56. The van der Waals surface area contributed by atoms with Gasteiger partial charge in [-0.2, -0.15) is 0 Å². The molecule has 19 heavy (non-hydrogen) atoms. The van der Waals surface area contributed by atoms with Gasteiger partial charge in [-0.05, 0) is 22.0 Å². The zero-order valence-electron chi connectivity index (χ0n) is 10.6. The number of hydrogen-bond acceptors (Lipinski definition) is 5. The first-order valence-electron chi connectivity index (χ1n) is 5.64. The van der Waals surface area contributed by atoms with Crippen LogP contribution in [-0.2, 0) is 14.3 Å². The molecule has 2 heterocycles. The summed E-state index contributed by atoms with van der Waals surface area (Å²) in [5.74, 6) is -0.616. The van der Waals surface area contributed by atoms with Crippen molar-refractivity contribution in [1.29, 1.82) is 0 Å². The molecule has 0 spiro atoms. The molecule has 1 aliphatic heterocycles. The molecular weight excluding hydrogens is 316 g/mol. The van der Waals surface area contributed by atoms with Crippen LogP contribution in [0, 0.1) is 5.92 Å². The highest BCUT2D eigenvalue weighted by Crippen LogP contribution is 2.33. The topological polar surface area (TPSA) is 68.7 Å². The van der Waals surface area contributed by atoms with E-state index in [-0.39, 0.29) is 24.8 Å². The third kappa shape index (κ3) is 2.70. The van der Waals surface area contributed by atoms with Crippen molar-refractivity contribution >= 4 is 33.5 Å². The molecule has 1 aromatic heterocycles. The smallest absolute Gasteiger partial charge is 0.311 e. The van der Waals surface area contributed by atoms with E-state index in [1.807, 2.05) is 0 Å². The molecule has 0 aliphatic carbocycles. The number of carbonyl (C=O) groups excluding carboxylic acids is 2. The van der Waals surface area contributed by atoms with E-state index in [4.69, 9.17) is 4.74 Å². The summed E-state index contributed by atoms with van der Waals surface area (Å²) in [6, 6.07) is 1.74. The fourth-order valence-electron chi connectivity index (χ4n) is 2.03. The highest BCUT2D eigenvalue weighted by atomic mass is 79.9. The van der Waals surface area contributed by atoms with Gasteiger partial charge in [0.1, 0.15) is 5.69 Å². The zero-order chi connectivity index (χ0) is 14.0. The van der Waals surface area contributed by atoms with Crippen LogP contribution in [0.3, 0.4) is 0 Å². The van der Waals surface area contributed by atoms with Crippen molar-refractivity contribution in [2.24, 2.45) is 5.92 Å². The second-order valence-electron chi connectivity index (χ2n) is 4.11. The first-order chi connectivity index (χ1) is 9.06. The number of pyridine rings is 1. The van der Waals surface area contributed by atoms with E-state index in [2.05, 4.69) is 25.7 Å². The Balaban J connectivity index is 2.30. The number of halogens is 1. The van der Waals surface area contributed by atoms with Crippen molar-refractivity contribution in [3.05, 3.63) is 16.7 Å². The maximum absolute atomic E-state index is 12.0. The highest BCUT2D eigenvalue weighted by molar-refractivity contribution is 9.10. The van der Waals surface area contributed by atoms with Crippen molar-refractivity contribution < 1.29 is 19.1 Å². The summed E-state index contributed by atoms with van der Waals surface area (Å²) in [5, 5.41) is 0. The zero-order valence-corrected chi connectivity index (χ0v) is 12.1. The normalized spacial score (nSPS) is 18.6. The number of amides is 1. The second-order valence-corrected chi connectivity index (χ2v) is 5.03. The van der Waals surface area contributed by atoms with Crippen molar-refractivity contribution in [2.75, 3.05) is 25.7 Å². The molecule has 1 unspecified atom stereocenters. The molecular formula is C12H13BrN2O4. The van der Waals surface area contributed by atoms with Gasteiger partial charge < -0.3 is 14.4 Å². The van der Waals surface area contributed by atoms with Crippen LogP contribution in [0.2, 0.25) is 0 Å². The van der Waals surface area contributed by atoms with E-state index in [1.54, 1.807) is 12.3 Å². The van der Waals surface area contributed by atoms with Gasteiger partial charge in [-0.15, -0.1) is 0 Å². The molecule has 6 nitrogen and oxygen atoms in total. The Morgan fingerprint density at radius 2 is 2.26 bits per heavy atom. The summed E-state index contributed by atoms with van der Waals surface area (Å²) in [6.07, 6.45) is 1.73. The molecule has 1 amide bonds. The van der Waals surface area contributed by atoms with Gasteiger partial charge >= 0.3 is 5.97 Å². The molecule has 1 atom stereocenters. The predicted octanol–water partition coefficient (Wildman–Crippen LogP) is 1.38. The van der Waals surface area contributed by atoms with Gasteiger partial charge in [0, 0.05) is 23.6 Å². The lowest BCUT2D eigenvalue weighted by Crippen LogP contribution is -2.26. The van der Waals surface area contributed by atoms with Crippen molar-refractivity contribution in [3.8, 4) is 5.88 Å². The molecule has 1 aliphatic rings. The Morgan fingerprint density at radius 3 is 2.89 bits per heavy atom. The van der Waals surface area contributed by atoms with Crippen LogP contribution in [-0.4, -0.2) is 37.6 Å². The van der Waals surface area contributed by atoms with E-state index in [0.29, 0.717) is 11.6 Å². The van der Waals surface area contributed by atoms with Crippen LogP contribution in [0.5, 0.6) is 5.88 Å². The SMILES string of the molecule is COC(=O)C1CC(=O)N(c2cc(Br)cnc2OC)C1. The molecule has 1 fully saturated rings. The maximum atomic E-state index is 12.0. The van der Waals surface area contributed by atoms with Crippen LogP contribution in [0.1, 0.15) is 6.42 Å². The standard InChI is InChI=1S/C12H13BrN2O4/c1-18-11-9(4-8(13)5-14-11)15-6-7(3-10(15)16)12(17)19-2/h4-5,7H,3,6H2,1-2H3. The lowest BCUT2D eigenvalue weighted by atomic mass is 10.1. The Bertz CT molecular complexity index is 520. The van der Waals surface area contributed by atoms with Crippen molar-refractivity contribution in [2.45, 2.75) is 6.42 Å². The molecule has 1 saturated heterocycles. The molecule has 1 aromatic rings. The molecule has 102 valence electrons. The van der Waals surface area contributed by atoms with Crippen molar-refractivity contribution in [1.82, 2.24) is 4.98 Å². The highest BCUT2D eigenvalue weighted by Gasteiger charge is 2.37. The van der Waals surface area contributed by atoms with Crippen LogP contribution < -0.4 is 9.64 Å². The third-order valence-electron chi connectivity index (χ3n) is 2.94.